The third kappa shape index (κ3) is 5.35. The quantitative estimate of drug-likeness (QED) is 0.685. The molecule has 7 heteroatoms. The van der Waals surface area contributed by atoms with Crippen LogP contribution in [0.3, 0.4) is 0 Å². The van der Waals surface area contributed by atoms with Gasteiger partial charge in [0.25, 0.3) is 0 Å². The molecule has 2 N–H and O–H groups in total. The largest absolute Gasteiger partial charge is 0.387 e. The van der Waals surface area contributed by atoms with Gasteiger partial charge in [0, 0.05) is 25.7 Å². The Morgan fingerprint density at radius 3 is 2.04 bits per heavy atom. The van der Waals surface area contributed by atoms with Crippen molar-refractivity contribution in [2.45, 2.75) is 37.8 Å². The van der Waals surface area contributed by atoms with E-state index in [1.165, 1.54) is 16.4 Å². The van der Waals surface area contributed by atoms with Crippen molar-refractivity contribution < 1.29 is 17.9 Å². The fraction of sp³-hybridized carbons (Fsp3) is 0.400. The first kappa shape index (κ1) is 21.5. The summed E-state index contributed by atoms with van der Waals surface area (Å²) in [6, 6.07) is 12.4. The van der Waals surface area contributed by atoms with Crippen LogP contribution in [0.2, 0.25) is 0 Å². The monoisotopic (exact) mass is 394 g/mol. The maximum atomic E-state index is 13.0. The molecule has 148 valence electrons. The average molecular weight is 395 g/mol. The van der Waals surface area contributed by atoms with Gasteiger partial charge in [0.15, 0.2) is 0 Å². The van der Waals surface area contributed by atoms with Gasteiger partial charge in [-0.1, -0.05) is 38.1 Å². The van der Waals surface area contributed by atoms with Crippen LogP contribution >= 0.6 is 0 Å². The molecule has 0 fully saturated rings. The van der Waals surface area contributed by atoms with Crippen LogP contribution in [0.5, 0.6) is 0 Å². The minimum atomic E-state index is -3.47. The molecule has 0 unspecified atom stereocenters. The van der Waals surface area contributed by atoms with Gasteiger partial charge in [-0.3, -0.25) is 0 Å². The second-order valence-electron chi connectivity index (χ2n) is 6.36. The van der Waals surface area contributed by atoms with E-state index in [2.05, 4.69) is 5.32 Å². The standard InChI is InChI=1S/C20H27FN2O3S/c1-4-23(5-2)27(25,26)19-12-8-16(9-13-19)15(3)22-14-20(24)17-6-10-18(21)11-7-17/h6-13,15,20,22,24H,4-5,14H2,1-3H3/t15-,20+/m0/s1. The van der Waals surface area contributed by atoms with Gasteiger partial charge in [0.1, 0.15) is 5.82 Å². The number of benzene rings is 2. The minimum Gasteiger partial charge on any atom is -0.387 e. The van der Waals surface area contributed by atoms with E-state index in [9.17, 15) is 17.9 Å². The van der Waals surface area contributed by atoms with Crippen LogP contribution in [-0.2, 0) is 10.0 Å². The number of nitrogens with one attached hydrogen (secondary N) is 1. The van der Waals surface area contributed by atoms with Crippen LogP contribution in [0.1, 0.15) is 44.0 Å². The van der Waals surface area contributed by atoms with E-state index in [4.69, 9.17) is 0 Å². The third-order valence-corrected chi connectivity index (χ3v) is 6.66. The van der Waals surface area contributed by atoms with Crippen molar-refractivity contribution in [3.63, 3.8) is 0 Å². The van der Waals surface area contributed by atoms with Crippen LogP contribution in [-0.4, -0.2) is 37.5 Å². The molecule has 2 aromatic carbocycles. The van der Waals surface area contributed by atoms with Crippen LogP contribution < -0.4 is 5.32 Å². The zero-order chi connectivity index (χ0) is 20.0. The van der Waals surface area contributed by atoms with Crippen LogP contribution in [0.15, 0.2) is 53.4 Å². The maximum Gasteiger partial charge on any atom is 0.243 e. The summed E-state index contributed by atoms with van der Waals surface area (Å²) < 4.78 is 39.4. The highest BCUT2D eigenvalue weighted by Crippen LogP contribution is 2.20. The summed E-state index contributed by atoms with van der Waals surface area (Å²) in [6.45, 7) is 6.72. The number of nitrogens with zero attached hydrogens (tertiary/aromatic N) is 1. The minimum absolute atomic E-state index is 0.0784. The molecule has 0 bridgehead atoms. The van der Waals surface area contributed by atoms with Crippen molar-refractivity contribution >= 4 is 10.0 Å². The summed E-state index contributed by atoms with van der Waals surface area (Å²) >= 11 is 0. The van der Waals surface area contributed by atoms with Crippen molar-refractivity contribution in [2.24, 2.45) is 0 Å². The molecule has 0 aliphatic carbocycles. The first-order chi connectivity index (χ1) is 12.8. The molecule has 0 amide bonds. The van der Waals surface area contributed by atoms with E-state index >= 15 is 0 Å². The number of rotatable bonds is 9. The molecule has 27 heavy (non-hydrogen) atoms. The van der Waals surface area contributed by atoms with E-state index in [1.807, 2.05) is 20.8 Å². The molecule has 2 aromatic rings. The Labute approximate surface area is 160 Å². The van der Waals surface area contributed by atoms with E-state index in [0.29, 0.717) is 25.2 Å². The van der Waals surface area contributed by atoms with E-state index in [-0.39, 0.29) is 16.8 Å². The normalized spacial score (nSPS) is 14.3. The maximum absolute atomic E-state index is 13.0. The Morgan fingerprint density at radius 1 is 1.00 bits per heavy atom. The number of aliphatic hydroxyl groups is 1. The van der Waals surface area contributed by atoms with Gasteiger partial charge in [-0.15, -0.1) is 0 Å². The summed E-state index contributed by atoms with van der Waals surface area (Å²) in [5.41, 5.74) is 1.55. The lowest BCUT2D eigenvalue weighted by molar-refractivity contribution is 0.170. The highest BCUT2D eigenvalue weighted by Gasteiger charge is 2.21. The molecular formula is C20H27FN2O3S. The zero-order valence-corrected chi connectivity index (χ0v) is 16.7. The van der Waals surface area contributed by atoms with Crippen LogP contribution in [0.25, 0.3) is 0 Å². The summed E-state index contributed by atoms with van der Waals surface area (Å²) in [7, 11) is -3.47. The van der Waals surface area contributed by atoms with Gasteiger partial charge in [-0.2, -0.15) is 4.31 Å². The average Bonchev–Trinajstić information content (AvgIpc) is 2.67. The Hall–Kier alpha value is -1.80. The fourth-order valence-electron chi connectivity index (χ4n) is 2.85. The van der Waals surface area contributed by atoms with Gasteiger partial charge in [-0.25, -0.2) is 12.8 Å². The second kappa shape index (κ2) is 9.41. The van der Waals surface area contributed by atoms with Crippen molar-refractivity contribution in [1.82, 2.24) is 9.62 Å². The third-order valence-electron chi connectivity index (χ3n) is 4.60. The summed E-state index contributed by atoms with van der Waals surface area (Å²) in [6.07, 6.45) is -0.754. The summed E-state index contributed by atoms with van der Waals surface area (Å²) in [4.78, 5) is 0.272. The second-order valence-corrected chi connectivity index (χ2v) is 8.29. The van der Waals surface area contributed by atoms with Crippen molar-refractivity contribution in [2.75, 3.05) is 19.6 Å². The van der Waals surface area contributed by atoms with Gasteiger partial charge < -0.3 is 10.4 Å². The Balaban J connectivity index is 2.01. The Morgan fingerprint density at radius 2 is 1.52 bits per heavy atom. The number of sulfonamides is 1. The lowest BCUT2D eigenvalue weighted by Crippen LogP contribution is -2.30. The highest BCUT2D eigenvalue weighted by atomic mass is 32.2. The first-order valence-corrected chi connectivity index (χ1v) is 10.5. The van der Waals surface area contributed by atoms with E-state index < -0.39 is 16.1 Å². The fourth-order valence-corrected chi connectivity index (χ4v) is 4.31. The van der Waals surface area contributed by atoms with Gasteiger partial charge in [-0.05, 0) is 42.3 Å². The van der Waals surface area contributed by atoms with Gasteiger partial charge >= 0.3 is 0 Å². The van der Waals surface area contributed by atoms with Crippen molar-refractivity contribution in [3.8, 4) is 0 Å². The molecule has 0 aromatic heterocycles. The van der Waals surface area contributed by atoms with Crippen LogP contribution in [0.4, 0.5) is 4.39 Å². The SMILES string of the molecule is CCN(CC)S(=O)(=O)c1ccc([C@H](C)NC[C@@H](O)c2ccc(F)cc2)cc1. The number of halogens is 1. The van der Waals surface area contributed by atoms with Crippen molar-refractivity contribution in [3.05, 3.63) is 65.5 Å². The molecular weight excluding hydrogens is 367 g/mol. The first-order valence-electron chi connectivity index (χ1n) is 9.06. The summed E-state index contributed by atoms with van der Waals surface area (Å²) in [5.74, 6) is -0.341. The molecule has 0 spiro atoms. The molecule has 0 saturated heterocycles. The zero-order valence-electron chi connectivity index (χ0n) is 15.9. The van der Waals surface area contributed by atoms with Crippen LogP contribution in [0, 0.1) is 5.82 Å². The lowest BCUT2D eigenvalue weighted by atomic mass is 10.1. The molecule has 0 aliphatic heterocycles. The van der Waals surface area contributed by atoms with Gasteiger partial charge in [0.2, 0.25) is 10.0 Å². The van der Waals surface area contributed by atoms with Crippen molar-refractivity contribution in [1.29, 1.82) is 0 Å². The number of hydrogen-bond donors (Lipinski definition) is 2. The molecule has 0 radical (unpaired) electrons. The number of hydrogen-bond acceptors (Lipinski definition) is 4. The Bertz CT molecular complexity index is 819. The number of aliphatic hydroxyl groups excluding tert-OH is 1. The Kier molecular flexibility index (Phi) is 7.49. The molecule has 0 heterocycles. The lowest BCUT2D eigenvalue weighted by Gasteiger charge is -2.20. The topological polar surface area (TPSA) is 69.6 Å². The predicted octanol–water partition coefficient (Wildman–Crippen LogP) is 3.24. The molecule has 5 nitrogen and oxygen atoms in total. The predicted molar refractivity (Wildman–Crippen MR) is 104 cm³/mol. The summed E-state index contributed by atoms with van der Waals surface area (Å²) in [5, 5.41) is 13.4. The molecule has 0 saturated carbocycles. The highest BCUT2D eigenvalue weighted by molar-refractivity contribution is 7.89. The van der Waals surface area contributed by atoms with E-state index in [0.717, 1.165) is 5.56 Å². The smallest absolute Gasteiger partial charge is 0.243 e. The molecule has 0 aliphatic rings. The molecule has 2 rings (SSSR count). The van der Waals surface area contributed by atoms with Gasteiger partial charge in [0.05, 0.1) is 11.0 Å². The molecule has 2 atom stereocenters. The van der Waals surface area contributed by atoms with E-state index in [1.54, 1.807) is 36.4 Å².